The Labute approximate surface area is 192 Å². The van der Waals surface area contributed by atoms with Crippen molar-refractivity contribution in [2.75, 3.05) is 25.2 Å². The number of benzene rings is 2. The van der Waals surface area contributed by atoms with Crippen molar-refractivity contribution in [1.29, 1.82) is 0 Å². The molecule has 0 bridgehead atoms. The van der Waals surface area contributed by atoms with E-state index in [4.69, 9.17) is 4.74 Å². The number of nitro groups is 1. The molecular weight excluding hydrogens is 430 g/mol. The van der Waals surface area contributed by atoms with Crippen LogP contribution in [0, 0.1) is 10.1 Å². The smallest absolute Gasteiger partial charge is 0.270 e. The summed E-state index contributed by atoms with van der Waals surface area (Å²) in [4.78, 5) is 35.5. The topological polar surface area (TPSA) is 111 Å². The third-order valence-electron chi connectivity index (χ3n) is 4.77. The van der Waals surface area contributed by atoms with Crippen LogP contribution in [0.5, 0.6) is 5.75 Å². The number of rotatable bonds is 12. The minimum absolute atomic E-state index is 0.134. The summed E-state index contributed by atoms with van der Waals surface area (Å²) >= 11 is 1.56. The summed E-state index contributed by atoms with van der Waals surface area (Å²) in [5.41, 5.74) is 1.18. The molecule has 2 rings (SSSR count). The van der Waals surface area contributed by atoms with Gasteiger partial charge in [0.05, 0.1) is 11.5 Å². The SMILES string of the molecule is CSCCC(NC(=O)c1cccc([N+](=O)[O-])c1)C(=O)NCCOc1ccc(C(C)C)cc1. The van der Waals surface area contributed by atoms with Gasteiger partial charge < -0.3 is 15.4 Å². The van der Waals surface area contributed by atoms with E-state index in [0.29, 0.717) is 24.7 Å². The van der Waals surface area contributed by atoms with Gasteiger partial charge in [-0.15, -0.1) is 0 Å². The van der Waals surface area contributed by atoms with Crippen LogP contribution in [0.15, 0.2) is 48.5 Å². The van der Waals surface area contributed by atoms with Gasteiger partial charge in [0.25, 0.3) is 11.6 Å². The molecule has 0 fully saturated rings. The monoisotopic (exact) mass is 459 g/mol. The van der Waals surface area contributed by atoms with Crippen molar-refractivity contribution in [3.8, 4) is 5.75 Å². The van der Waals surface area contributed by atoms with Crippen LogP contribution in [-0.4, -0.2) is 47.9 Å². The van der Waals surface area contributed by atoms with Crippen LogP contribution >= 0.6 is 11.8 Å². The summed E-state index contributed by atoms with van der Waals surface area (Å²) in [5, 5.41) is 16.4. The maximum absolute atomic E-state index is 12.6. The zero-order valence-electron chi connectivity index (χ0n) is 18.5. The molecule has 0 spiro atoms. The lowest BCUT2D eigenvalue weighted by Crippen LogP contribution is -2.47. The number of hydrogen-bond acceptors (Lipinski definition) is 6. The molecule has 0 saturated heterocycles. The Morgan fingerprint density at radius 2 is 1.88 bits per heavy atom. The van der Waals surface area contributed by atoms with Gasteiger partial charge in [0.2, 0.25) is 5.91 Å². The number of carbonyl (C=O) groups is 2. The second-order valence-corrected chi connectivity index (χ2v) is 8.46. The predicted octanol–water partition coefficient (Wildman–Crippen LogP) is 3.76. The fraction of sp³-hybridized carbons (Fsp3) is 0.391. The first-order chi connectivity index (χ1) is 15.3. The Morgan fingerprint density at radius 3 is 2.50 bits per heavy atom. The number of nitrogens with one attached hydrogen (secondary N) is 2. The maximum Gasteiger partial charge on any atom is 0.270 e. The molecule has 9 heteroatoms. The average molecular weight is 460 g/mol. The Morgan fingerprint density at radius 1 is 1.16 bits per heavy atom. The molecule has 0 radical (unpaired) electrons. The summed E-state index contributed by atoms with van der Waals surface area (Å²) in [6, 6.07) is 12.5. The third kappa shape index (κ3) is 7.88. The normalized spacial score (nSPS) is 11.6. The van der Waals surface area contributed by atoms with Gasteiger partial charge in [-0.2, -0.15) is 11.8 Å². The molecule has 1 unspecified atom stereocenters. The first-order valence-electron chi connectivity index (χ1n) is 10.4. The van der Waals surface area contributed by atoms with E-state index in [1.165, 1.54) is 29.8 Å². The van der Waals surface area contributed by atoms with Crippen LogP contribution in [0.3, 0.4) is 0 Å². The molecule has 2 amide bonds. The van der Waals surface area contributed by atoms with Crippen molar-refractivity contribution in [3.63, 3.8) is 0 Å². The lowest BCUT2D eigenvalue weighted by molar-refractivity contribution is -0.384. The van der Waals surface area contributed by atoms with Crippen LogP contribution in [0.4, 0.5) is 5.69 Å². The molecule has 2 aromatic rings. The number of ether oxygens (including phenoxy) is 1. The quantitative estimate of drug-likeness (QED) is 0.284. The maximum atomic E-state index is 12.6. The zero-order valence-corrected chi connectivity index (χ0v) is 19.3. The van der Waals surface area contributed by atoms with Gasteiger partial charge in [-0.05, 0) is 48.1 Å². The molecule has 1 atom stereocenters. The summed E-state index contributed by atoms with van der Waals surface area (Å²) < 4.78 is 5.67. The predicted molar refractivity (Wildman–Crippen MR) is 126 cm³/mol. The van der Waals surface area contributed by atoms with Gasteiger partial charge in [0, 0.05) is 17.7 Å². The van der Waals surface area contributed by atoms with Crippen molar-refractivity contribution in [2.45, 2.75) is 32.2 Å². The Hall–Kier alpha value is -3.07. The zero-order chi connectivity index (χ0) is 23.5. The van der Waals surface area contributed by atoms with Gasteiger partial charge in [-0.25, -0.2) is 0 Å². The van der Waals surface area contributed by atoms with Gasteiger partial charge >= 0.3 is 0 Å². The number of nitrogens with zero attached hydrogens (tertiary/aromatic N) is 1. The summed E-state index contributed by atoms with van der Waals surface area (Å²) in [6.07, 6.45) is 2.35. The Kier molecular flexibility index (Phi) is 10.0. The fourth-order valence-electron chi connectivity index (χ4n) is 2.92. The second-order valence-electron chi connectivity index (χ2n) is 7.48. The van der Waals surface area contributed by atoms with E-state index in [9.17, 15) is 19.7 Å². The summed E-state index contributed by atoms with van der Waals surface area (Å²) in [5.74, 6) is 0.986. The number of carbonyl (C=O) groups excluding carboxylic acids is 2. The number of hydrogen-bond donors (Lipinski definition) is 2. The van der Waals surface area contributed by atoms with Crippen LogP contribution in [0.25, 0.3) is 0 Å². The summed E-state index contributed by atoms with van der Waals surface area (Å²) in [6.45, 7) is 4.82. The number of nitro benzene ring substituents is 1. The van der Waals surface area contributed by atoms with E-state index in [2.05, 4.69) is 24.5 Å². The molecule has 0 saturated carbocycles. The molecule has 0 aliphatic rings. The van der Waals surface area contributed by atoms with Crippen LogP contribution in [0.1, 0.15) is 42.1 Å². The van der Waals surface area contributed by atoms with E-state index < -0.39 is 16.9 Å². The Bertz CT molecular complexity index is 918. The molecule has 0 heterocycles. The minimum atomic E-state index is -0.750. The van der Waals surface area contributed by atoms with Gasteiger partial charge in [-0.3, -0.25) is 19.7 Å². The molecule has 2 N–H and O–H groups in total. The van der Waals surface area contributed by atoms with Crippen molar-refractivity contribution < 1.29 is 19.2 Å². The van der Waals surface area contributed by atoms with Crippen molar-refractivity contribution in [1.82, 2.24) is 10.6 Å². The molecule has 8 nitrogen and oxygen atoms in total. The second kappa shape index (κ2) is 12.7. The molecule has 2 aromatic carbocycles. The highest BCUT2D eigenvalue weighted by Gasteiger charge is 2.21. The highest BCUT2D eigenvalue weighted by Crippen LogP contribution is 2.18. The number of amides is 2. The number of non-ortho nitro benzene ring substituents is 1. The van der Waals surface area contributed by atoms with Crippen molar-refractivity contribution >= 4 is 29.3 Å². The minimum Gasteiger partial charge on any atom is -0.492 e. The lowest BCUT2D eigenvalue weighted by atomic mass is 10.0. The van der Waals surface area contributed by atoms with Gasteiger partial charge in [0.15, 0.2) is 0 Å². The van der Waals surface area contributed by atoms with Gasteiger partial charge in [-0.1, -0.05) is 32.0 Å². The average Bonchev–Trinajstić information content (AvgIpc) is 2.79. The highest BCUT2D eigenvalue weighted by atomic mass is 32.2. The number of thioether (sulfide) groups is 1. The van der Waals surface area contributed by atoms with E-state index in [1.54, 1.807) is 11.8 Å². The molecular formula is C23H29N3O5S. The van der Waals surface area contributed by atoms with Crippen LogP contribution < -0.4 is 15.4 Å². The van der Waals surface area contributed by atoms with Crippen LogP contribution in [-0.2, 0) is 4.79 Å². The van der Waals surface area contributed by atoms with Gasteiger partial charge in [0.1, 0.15) is 18.4 Å². The Balaban J connectivity index is 1.89. The van der Waals surface area contributed by atoms with Crippen LogP contribution in [0.2, 0.25) is 0 Å². The largest absolute Gasteiger partial charge is 0.492 e. The first-order valence-corrected chi connectivity index (χ1v) is 11.8. The van der Waals surface area contributed by atoms with E-state index >= 15 is 0 Å². The van der Waals surface area contributed by atoms with E-state index in [-0.39, 0.29) is 23.7 Å². The van der Waals surface area contributed by atoms with E-state index in [0.717, 1.165) is 5.75 Å². The molecule has 172 valence electrons. The first kappa shape index (κ1) is 25.2. The molecule has 32 heavy (non-hydrogen) atoms. The standard InChI is InChI=1S/C23H29N3O5S/c1-16(2)17-7-9-20(10-8-17)31-13-12-24-23(28)21(11-14-32-3)25-22(27)18-5-4-6-19(15-18)26(29)30/h4-10,15-16,21H,11-14H2,1-3H3,(H,24,28)(H,25,27). The van der Waals surface area contributed by atoms with E-state index in [1.807, 2.05) is 30.5 Å². The summed E-state index contributed by atoms with van der Waals surface area (Å²) in [7, 11) is 0. The molecule has 0 aromatic heterocycles. The molecule has 0 aliphatic carbocycles. The van der Waals surface area contributed by atoms with Crippen molar-refractivity contribution in [3.05, 3.63) is 69.8 Å². The molecule has 0 aliphatic heterocycles. The lowest BCUT2D eigenvalue weighted by Gasteiger charge is -2.18. The van der Waals surface area contributed by atoms with Crippen molar-refractivity contribution in [2.24, 2.45) is 0 Å². The highest BCUT2D eigenvalue weighted by molar-refractivity contribution is 7.98. The third-order valence-corrected chi connectivity index (χ3v) is 5.41. The fourth-order valence-corrected chi connectivity index (χ4v) is 3.39.